The first kappa shape index (κ1) is 21.9. The SMILES string of the molecule is CCC(C)C(=O)N1CCCC(C(=O)N(CCCC(=O)O)Cc2ccccc2)C1. The average Bonchev–Trinajstić information content (AvgIpc) is 2.72. The van der Waals surface area contributed by atoms with Gasteiger partial charge in [0, 0.05) is 38.5 Å². The Kier molecular flexibility index (Phi) is 8.48. The minimum Gasteiger partial charge on any atom is -0.481 e. The van der Waals surface area contributed by atoms with Crippen LogP contribution in [0.3, 0.4) is 0 Å². The van der Waals surface area contributed by atoms with Gasteiger partial charge in [-0.2, -0.15) is 0 Å². The zero-order valence-electron chi connectivity index (χ0n) is 17.0. The number of piperidine rings is 1. The predicted molar refractivity (Wildman–Crippen MR) is 107 cm³/mol. The van der Waals surface area contributed by atoms with Crippen molar-refractivity contribution in [2.75, 3.05) is 19.6 Å². The monoisotopic (exact) mass is 388 g/mol. The van der Waals surface area contributed by atoms with E-state index < -0.39 is 5.97 Å². The van der Waals surface area contributed by atoms with E-state index in [1.807, 2.05) is 49.1 Å². The number of carbonyl (C=O) groups is 3. The number of likely N-dealkylation sites (tertiary alicyclic amines) is 1. The largest absolute Gasteiger partial charge is 0.481 e. The number of rotatable bonds is 9. The Morgan fingerprint density at radius 2 is 1.96 bits per heavy atom. The molecule has 1 fully saturated rings. The molecule has 2 unspecified atom stereocenters. The summed E-state index contributed by atoms with van der Waals surface area (Å²) in [5.41, 5.74) is 1.02. The van der Waals surface area contributed by atoms with Gasteiger partial charge in [-0.25, -0.2) is 0 Å². The number of carboxylic acids is 1. The zero-order chi connectivity index (χ0) is 20.5. The van der Waals surface area contributed by atoms with Crippen LogP contribution < -0.4 is 0 Å². The summed E-state index contributed by atoms with van der Waals surface area (Å²) in [7, 11) is 0. The van der Waals surface area contributed by atoms with Crippen LogP contribution in [0, 0.1) is 11.8 Å². The summed E-state index contributed by atoms with van der Waals surface area (Å²) < 4.78 is 0. The van der Waals surface area contributed by atoms with Gasteiger partial charge in [-0.05, 0) is 31.2 Å². The Balaban J connectivity index is 2.06. The fraction of sp³-hybridized carbons (Fsp3) is 0.591. The van der Waals surface area contributed by atoms with Crippen molar-refractivity contribution in [3.8, 4) is 0 Å². The summed E-state index contributed by atoms with van der Waals surface area (Å²) in [5.74, 6) is -0.938. The standard InChI is InChI=1S/C22H32N2O4/c1-3-17(2)21(27)24-13-7-11-19(16-24)22(28)23(14-8-12-20(25)26)15-18-9-5-4-6-10-18/h4-6,9-10,17,19H,3,7-8,11-16H2,1-2H3,(H,25,26). The van der Waals surface area contributed by atoms with E-state index in [0.717, 1.165) is 24.8 Å². The van der Waals surface area contributed by atoms with E-state index in [4.69, 9.17) is 5.11 Å². The van der Waals surface area contributed by atoms with Gasteiger partial charge in [0.1, 0.15) is 0 Å². The van der Waals surface area contributed by atoms with Crippen molar-refractivity contribution in [1.82, 2.24) is 9.80 Å². The highest BCUT2D eigenvalue weighted by molar-refractivity contribution is 5.82. The van der Waals surface area contributed by atoms with Crippen LogP contribution in [0.15, 0.2) is 30.3 Å². The number of benzene rings is 1. The van der Waals surface area contributed by atoms with Gasteiger partial charge in [0.2, 0.25) is 11.8 Å². The zero-order valence-corrected chi connectivity index (χ0v) is 17.0. The van der Waals surface area contributed by atoms with Crippen LogP contribution in [-0.4, -0.2) is 52.3 Å². The maximum Gasteiger partial charge on any atom is 0.303 e. The Morgan fingerprint density at radius 1 is 1.25 bits per heavy atom. The van der Waals surface area contributed by atoms with E-state index in [9.17, 15) is 14.4 Å². The van der Waals surface area contributed by atoms with Gasteiger partial charge in [0.15, 0.2) is 0 Å². The van der Waals surface area contributed by atoms with Crippen molar-refractivity contribution in [2.24, 2.45) is 11.8 Å². The molecule has 0 aromatic heterocycles. The fourth-order valence-corrected chi connectivity index (χ4v) is 3.62. The number of carbonyl (C=O) groups excluding carboxylic acids is 2. The second-order valence-corrected chi connectivity index (χ2v) is 7.68. The molecule has 1 aromatic carbocycles. The molecule has 0 aliphatic carbocycles. The molecule has 0 radical (unpaired) electrons. The van der Waals surface area contributed by atoms with Crippen LogP contribution in [0.25, 0.3) is 0 Å². The van der Waals surface area contributed by atoms with Crippen LogP contribution in [-0.2, 0) is 20.9 Å². The lowest BCUT2D eigenvalue weighted by molar-refractivity contribution is -0.144. The van der Waals surface area contributed by atoms with Gasteiger partial charge >= 0.3 is 5.97 Å². The normalized spacial score (nSPS) is 17.8. The van der Waals surface area contributed by atoms with Gasteiger partial charge in [-0.3, -0.25) is 14.4 Å². The third-order valence-corrected chi connectivity index (χ3v) is 5.46. The molecule has 6 nitrogen and oxygen atoms in total. The number of hydrogen-bond donors (Lipinski definition) is 1. The van der Waals surface area contributed by atoms with E-state index in [2.05, 4.69) is 0 Å². The van der Waals surface area contributed by atoms with E-state index in [1.165, 1.54) is 0 Å². The molecule has 2 atom stereocenters. The number of aliphatic carboxylic acids is 1. The van der Waals surface area contributed by atoms with E-state index in [0.29, 0.717) is 32.6 Å². The van der Waals surface area contributed by atoms with E-state index >= 15 is 0 Å². The molecule has 0 bridgehead atoms. The summed E-state index contributed by atoms with van der Waals surface area (Å²) in [5, 5.41) is 8.93. The third-order valence-electron chi connectivity index (χ3n) is 5.46. The van der Waals surface area contributed by atoms with Crippen LogP contribution in [0.2, 0.25) is 0 Å². The Labute approximate surface area is 167 Å². The Bertz CT molecular complexity index is 662. The van der Waals surface area contributed by atoms with E-state index in [-0.39, 0.29) is 30.1 Å². The summed E-state index contributed by atoms with van der Waals surface area (Å²) >= 11 is 0. The highest BCUT2D eigenvalue weighted by Crippen LogP contribution is 2.22. The highest BCUT2D eigenvalue weighted by Gasteiger charge is 2.32. The van der Waals surface area contributed by atoms with Crippen molar-refractivity contribution in [1.29, 1.82) is 0 Å². The summed E-state index contributed by atoms with van der Waals surface area (Å²) in [6.45, 7) is 5.99. The number of nitrogens with zero attached hydrogens (tertiary/aromatic N) is 2. The van der Waals surface area contributed by atoms with Crippen molar-refractivity contribution in [3.63, 3.8) is 0 Å². The number of carboxylic acid groups (broad SMARTS) is 1. The quantitative estimate of drug-likeness (QED) is 0.705. The first-order chi connectivity index (χ1) is 13.4. The molecule has 154 valence electrons. The first-order valence-corrected chi connectivity index (χ1v) is 10.3. The molecular weight excluding hydrogens is 356 g/mol. The molecule has 28 heavy (non-hydrogen) atoms. The molecule has 1 aliphatic rings. The van der Waals surface area contributed by atoms with Gasteiger partial charge in [0.25, 0.3) is 0 Å². The average molecular weight is 389 g/mol. The van der Waals surface area contributed by atoms with Gasteiger partial charge in [0.05, 0.1) is 5.92 Å². The number of amides is 2. The van der Waals surface area contributed by atoms with Crippen LogP contribution in [0.1, 0.15) is 51.5 Å². The Morgan fingerprint density at radius 3 is 2.61 bits per heavy atom. The maximum atomic E-state index is 13.2. The topological polar surface area (TPSA) is 77.9 Å². The molecule has 6 heteroatoms. The lowest BCUT2D eigenvalue weighted by Gasteiger charge is -2.36. The van der Waals surface area contributed by atoms with Gasteiger partial charge in [-0.1, -0.05) is 44.2 Å². The molecule has 1 aromatic rings. The van der Waals surface area contributed by atoms with Crippen molar-refractivity contribution in [2.45, 2.75) is 52.5 Å². The molecule has 1 N–H and O–H groups in total. The van der Waals surface area contributed by atoms with Crippen LogP contribution >= 0.6 is 0 Å². The second-order valence-electron chi connectivity index (χ2n) is 7.68. The summed E-state index contributed by atoms with van der Waals surface area (Å²) in [6, 6.07) is 9.73. The number of hydrogen-bond acceptors (Lipinski definition) is 3. The minimum atomic E-state index is -0.852. The smallest absolute Gasteiger partial charge is 0.303 e. The minimum absolute atomic E-state index is 0.0233. The molecule has 1 aliphatic heterocycles. The van der Waals surface area contributed by atoms with Crippen molar-refractivity contribution >= 4 is 17.8 Å². The van der Waals surface area contributed by atoms with Gasteiger partial charge < -0.3 is 14.9 Å². The lowest BCUT2D eigenvalue weighted by atomic mass is 9.94. The fourth-order valence-electron chi connectivity index (χ4n) is 3.62. The predicted octanol–water partition coefficient (Wildman–Crippen LogP) is 3.16. The molecule has 2 rings (SSSR count). The van der Waals surface area contributed by atoms with Crippen molar-refractivity contribution < 1.29 is 19.5 Å². The summed E-state index contributed by atoms with van der Waals surface area (Å²) in [6.07, 6.45) is 2.86. The van der Waals surface area contributed by atoms with Gasteiger partial charge in [-0.15, -0.1) is 0 Å². The van der Waals surface area contributed by atoms with Crippen LogP contribution in [0.5, 0.6) is 0 Å². The second kappa shape index (κ2) is 10.8. The third kappa shape index (κ3) is 6.36. The van der Waals surface area contributed by atoms with Crippen LogP contribution in [0.4, 0.5) is 0 Å². The lowest BCUT2D eigenvalue weighted by Crippen LogP contribution is -2.48. The molecule has 2 amide bonds. The molecule has 1 heterocycles. The first-order valence-electron chi connectivity index (χ1n) is 10.3. The van der Waals surface area contributed by atoms with E-state index in [1.54, 1.807) is 4.90 Å². The molecule has 0 spiro atoms. The maximum absolute atomic E-state index is 13.2. The molecule has 0 saturated carbocycles. The Hall–Kier alpha value is -2.37. The molecular formula is C22H32N2O4. The summed E-state index contributed by atoms with van der Waals surface area (Å²) in [4.78, 5) is 40.2. The highest BCUT2D eigenvalue weighted by atomic mass is 16.4. The molecule has 1 saturated heterocycles. The van der Waals surface area contributed by atoms with Crippen molar-refractivity contribution in [3.05, 3.63) is 35.9 Å².